The topological polar surface area (TPSA) is 75.0 Å². The largest absolute Gasteiger partial charge is 0.399 e. The molecule has 0 unspecified atom stereocenters. The Morgan fingerprint density at radius 2 is 2.06 bits per heavy atom. The van der Waals surface area contributed by atoms with Gasteiger partial charge in [0.2, 0.25) is 0 Å². The number of halogens is 1. The second kappa shape index (κ2) is 5.10. The van der Waals surface area contributed by atoms with Crippen molar-refractivity contribution in [2.45, 2.75) is 6.54 Å². The summed E-state index contributed by atoms with van der Waals surface area (Å²) in [6.07, 6.45) is 1.34. The Hall–Kier alpha value is -2.01. The maximum atomic E-state index is 11.4. The Morgan fingerprint density at radius 3 is 2.72 bits per heavy atom. The molecule has 0 spiro atoms. The zero-order valence-corrected chi connectivity index (χ0v) is 10.6. The minimum absolute atomic E-state index is 0.0930. The molecular weight excluding hydrogens is 252 g/mol. The smallest absolute Gasteiger partial charge is 0.271 e. The van der Waals surface area contributed by atoms with E-state index in [0.717, 1.165) is 5.56 Å². The van der Waals surface area contributed by atoms with Gasteiger partial charge in [-0.15, -0.1) is 0 Å². The van der Waals surface area contributed by atoms with E-state index >= 15 is 0 Å². The molecule has 0 bridgehead atoms. The van der Waals surface area contributed by atoms with Gasteiger partial charge in [-0.1, -0.05) is 23.7 Å². The fourth-order valence-corrected chi connectivity index (χ4v) is 1.86. The number of nitrogens with two attached hydrogens (primary N) is 1. The molecule has 0 aliphatic carbocycles. The zero-order valence-electron chi connectivity index (χ0n) is 9.85. The maximum Gasteiger partial charge on any atom is 0.271 e. The van der Waals surface area contributed by atoms with E-state index < -0.39 is 0 Å². The molecule has 94 valence electrons. The molecule has 3 N–H and O–H groups in total. The summed E-state index contributed by atoms with van der Waals surface area (Å²) in [6.45, 7) is 0.594. The zero-order chi connectivity index (χ0) is 13.1. The monoisotopic (exact) mass is 264 g/mol. The Kier molecular flexibility index (Phi) is 3.53. The molecule has 2 aromatic rings. The van der Waals surface area contributed by atoms with Crippen LogP contribution in [0.4, 0.5) is 11.5 Å². The number of anilines is 2. The van der Waals surface area contributed by atoms with Gasteiger partial charge in [0.25, 0.3) is 5.56 Å². The van der Waals surface area contributed by atoms with Crippen LogP contribution in [0.3, 0.4) is 0 Å². The molecule has 0 saturated carbocycles. The third-order valence-electron chi connectivity index (χ3n) is 2.54. The lowest BCUT2D eigenvalue weighted by Crippen LogP contribution is -2.21. The van der Waals surface area contributed by atoms with Crippen molar-refractivity contribution in [3.8, 4) is 0 Å². The second-order valence-electron chi connectivity index (χ2n) is 3.97. The van der Waals surface area contributed by atoms with E-state index in [1.165, 1.54) is 6.33 Å². The van der Waals surface area contributed by atoms with E-state index in [0.29, 0.717) is 18.1 Å². The fraction of sp³-hybridized carbons (Fsp3) is 0.167. The summed E-state index contributed by atoms with van der Waals surface area (Å²) in [5, 5.41) is 0.0930. The van der Waals surface area contributed by atoms with E-state index in [1.54, 1.807) is 0 Å². The summed E-state index contributed by atoms with van der Waals surface area (Å²) in [6, 6.07) is 7.51. The average Bonchev–Trinajstić information content (AvgIpc) is 2.35. The van der Waals surface area contributed by atoms with Crippen molar-refractivity contribution < 1.29 is 0 Å². The van der Waals surface area contributed by atoms with Crippen LogP contribution in [0.25, 0.3) is 0 Å². The van der Waals surface area contributed by atoms with Gasteiger partial charge in [0.05, 0.1) is 6.33 Å². The van der Waals surface area contributed by atoms with Crippen LogP contribution in [0.1, 0.15) is 5.56 Å². The van der Waals surface area contributed by atoms with Crippen LogP contribution in [0.2, 0.25) is 5.02 Å². The van der Waals surface area contributed by atoms with Crippen LogP contribution in [0, 0.1) is 0 Å². The number of aromatic amines is 1. The Labute approximate surface area is 109 Å². The SMILES string of the molecule is CN(Cc1ccc(N)cc1)c1nc[nH]c(=O)c1Cl. The van der Waals surface area contributed by atoms with Crippen molar-refractivity contribution in [2.24, 2.45) is 0 Å². The Bertz CT molecular complexity index is 594. The van der Waals surface area contributed by atoms with Crippen LogP contribution < -0.4 is 16.2 Å². The van der Waals surface area contributed by atoms with Gasteiger partial charge in [-0.2, -0.15) is 0 Å². The number of nitrogens with one attached hydrogen (secondary N) is 1. The predicted octanol–water partition coefficient (Wildman–Crippen LogP) is 1.64. The molecule has 5 nitrogen and oxygen atoms in total. The van der Waals surface area contributed by atoms with Crippen molar-refractivity contribution in [3.05, 3.63) is 51.5 Å². The molecular formula is C12H13ClN4O. The van der Waals surface area contributed by atoms with Gasteiger partial charge >= 0.3 is 0 Å². The Balaban J connectivity index is 2.22. The highest BCUT2D eigenvalue weighted by Gasteiger charge is 2.10. The number of benzene rings is 1. The molecule has 2 rings (SSSR count). The number of aromatic nitrogens is 2. The van der Waals surface area contributed by atoms with Gasteiger partial charge in [-0.25, -0.2) is 4.98 Å². The molecule has 0 saturated heterocycles. The van der Waals surface area contributed by atoms with E-state index in [4.69, 9.17) is 17.3 Å². The van der Waals surface area contributed by atoms with Crippen molar-refractivity contribution in [1.29, 1.82) is 0 Å². The maximum absolute atomic E-state index is 11.4. The van der Waals surface area contributed by atoms with Crippen molar-refractivity contribution in [2.75, 3.05) is 17.7 Å². The number of hydrogen-bond donors (Lipinski definition) is 2. The lowest BCUT2D eigenvalue weighted by Gasteiger charge is -2.18. The summed E-state index contributed by atoms with van der Waals surface area (Å²) in [7, 11) is 1.82. The van der Waals surface area contributed by atoms with E-state index in [-0.39, 0.29) is 10.6 Å². The van der Waals surface area contributed by atoms with Crippen molar-refractivity contribution in [1.82, 2.24) is 9.97 Å². The summed E-state index contributed by atoms with van der Waals surface area (Å²) in [4.78, 5) is 19.7. The van der Waals surface area contributed by atoms with Gasteiger partial charge in [0.1, 0.15) is 5.02 Å². The summed E-state index contributed by atoms with van der Waals surface area (Å²) in [5.74, 6) is 0.456. The first-order valence-electron chi connectivity index (χ1n) is 5.36. The molecule has 0 amide bonds. The first kappa shape index (κ1) is 12.4. The summed E-state index contributed by atoms with van der Waals surface area (Å²) < 4.78 is 0. The van der Waals surface area contributed by atoms with Crippen molar-refractivity contribution >= 4 is 23.1 Å². The second-order valence-corrected chi connectivity index (χ2v) is 4.34. The molecule has 0 atom stereocenters. The lowest BCUT2D eigenvalue weighted by atomic mass is 10.2. The number of hydrogen-bond acceptors (Lipinski definition) is 4. The van der Waals surface area contributed by atoms with Gasteiger partial charge in [-0.05, 0) is 17.7 Å². The highest BCUT2D eigenvalue weighted by Crippen LogP contribution is 2.19. The normalized spacial score (nSPS) is 10.3. The first-order valence-corrected chi connectivity index (χ1v) is 5.74. The van der Waals surface area contributed by atoms with E-state index in [9.17, 15) is 4.79 Å². The highest BCUT2D eigenvalue weighted by atomic mass is 35.5. The molecule has 0 radical (unpaired) electrons. The van der Waals surface area contributed by atoms with Crippen LogP contribution in [0.5, 0.6) is 0 Å². The summed E-state index contributed by atoms with van der Waals surface area (Å²) >= 11 is 5.91. The minimum atomic E-state index is -0.342. The van der Waals surface area contributed by atoms with Gasteiger partial charge in [-0.3, -0.25) is 4.79 Å². The molecule has 1 heterocycles. The van der Waals surface area contributed by atoms with Gasteiger partial charge < -0.3 is 15.6 Å². The quantitative estimate of drug-likeness (QED) is 0.827. The van der Waals surface area contributed by atoms with Crippen LogP contribution in [-0.4, -0.2) is 17.0 Å². The molecule has 6 heteroatoms. The molecule has 0 aliphatic heterocycles. The fourth-order valence-electron chi connectivity index (χ4n) is 1.61. The highest BCUT2D eigenvalue weighted by molar-refractivity contribution is 6.32. The standard InChI is InChI=1S/C12H13ClN4O/c1-17(6-8-2-4-9(14)5-3-8)11-10(13)12(18)16-7-15-11/h2-5,7H,6,14H2,1H3,(H,15,16,18). The third kappa shape index (κ3) is 2.62. The number of nitrogen functional groups attached to an aromatic ring is 1. The van der Waals surface area contributed by atoms with Gasteiger partial charge in [0.15, 0.2) is 5.82 Å². The lowest BCUT2D eigenvalue weighted by molar-refractivity contribution is 0.887. The number of H-pyrrole nitrogens is 1. The van der Waals surface area contributed by atoms with Crippen LogP contribution >= 0.6 is 11.6 Å². The molecule has 1 aromatic carbocycles. The minimum Gasteiger partial charge on any atom is -0.399 e. The molecule has 0 fully saturated rings. The van der Waals surface area contributed by atoms with Crippen LogP contribution in [-0.2, 0) is 6.54 Å². The number of rotatable bonds is 3. The molecule has 18 heavy (non-hydrogen) atoms. The first-order chi connectivity index (χ1) is 8.58. The average molecular weight is 265 g/mol. The predicted molar refractivity (Wildman–Crippen MR) is 72.8 cm³/mol. The van der Waals surface area contributed by atoms with Crippen molar-refractivity contribution in [3.63, 3.8) is 0 Å². The van der Waals surface area contributed by atoms with E-state index in [1.807, 2.05) is 36.2 Å². The van der Waals surface area contributed by atoms with Crippen LogP contribution in [0.15, 0.2) is 35.4 Å². The third-order valence-corrected chi connectivity index (χ3v) is 2.88. The molecule has 0 aliphatic rings. The molecule has 1 aromatic heterocycles. The van der Waals surface area contributed by atoms with E-state index in [2.05, 4.69) is 9.97 Å². The number of nitrogens with zero attached hydrogens (tertiary/aromatic N) is 2. The van der Waals surface area contributed by atoms with Gasteiger partial charge in [0, 0.05) is 19.3 Å². The Morgan fingerprint density at radius 1 is 1.39 bits per heavy atom. The summed E-state index contributed by atoms with van der Waals surface area (Å²) in [5.41, 5.74) is 7.05.